The van der Waals surface area contributed by atoms with Gasteiger partial charge in [-0.25, -0.2) is 4.79 Å². The smallest absolute Gasteiger partial charge is 0.323 e. The van der Waals surface area contributed by atoms with Crippen LogP contribution in [0, 0.1) is 0 Å². The number of hydrogen-bond donors (Lipinski definition) is 3. The van der Waals surface area contributed by atoms with Gasteiger partial charge in [-0.1, -0.05) is 60.7 Å². The number of carboxylic acids is 1. The van der Waals surface area contributed by atoms with Crippen molar-refractivity contribution < 1.29 is 14.7 Å². The molecule has 1 heterocycles. The molecule has 0 saturated carbocycles. The van der Waals surface area contributed by atoms with Crippen LogP contribution in [0.15, 0.2) is 97.3 Å². The fraction of sp³-hybridized carbons (Fsp3) is 0.107. The molecular formula is C28H25N3O3. The molecule has 6 heteroatoms. The number of amides is 2. The number of carboxylic acid groups (broad SMARTS) is 1. The fourth-order valence-corrected chi connectivity index (χ4v) is 3.81. The molecule has 34 heavy (non-hydrogen) atoms. The third-order valence-corrected chi connectivity index (χ3v) is 5.39. The molecule has 0 atom stereocenters. The molecule has 0 radical (unpaired) electrons. The van der Waals surface area contributed by atoms with Gasteiger partial charge in [0.2, 0.25) is 0 Å². The van der Waals surface area contributed by atoms with E-state index in [-0.39, 0.29) is 12.5 Å². The van der Waals surface area contributed by atoms with Crippen molar-refractivity contribution in [3.63, 3.8) is 0 Å². The molecule has 0 aliphatic heterocycles. The zero-order chi connectivity index (χ0) is 23.8. The highest BCUT2D eigenvalue weighted by atomic mass is 16.4. The third-order valence-electron chi connectivity index (χ3n) is 5.39. The molecule has 3 N–H and O–H groups in total. The van der Waals surface area contributed by atoms with Crippen molar-refractivity contribution >= 4 is 39.7 Å². The maximum Gasteiger partial charge on any atom is 0.323 e. The number of carbonyl (C=O) groups is 2. The Morgan fingerprint density at radius 3 is 2.50 bits per heavy atom. The molecule has 0 unspecified atom stereocenters. The number of hydrogen-bond acceptors (Lipinski definition) is 3. The zero-order valence-corrected chi connectivity index (χ0v) is 18.6. The van der Waals surface area contributed by atoms with E-state index in [1.165, 1.54) is 0 Å². The number of anilines is 2. The first kappa shape index (κ1) is 22.7. The summed E-state index contributed by atoms with van der Waals surface area (Å²) in [4.78, 5) is 27.8. The van der Waals surface area contributed by atoms with Gasteiger partial charge in [0.1, 0.15) is 0 Å². The molecular weight excluding hydrogens is 426 g/mol. The molecule has 4 aromatic rings. The van der Waals surface area contributed by atoms with Crippen molar-refractivity contribution in [3.8, 4) is 0 Å². The second kappa shape index (κ2) is 10.9. The van der Waals surface area contributed by atoms with Crippen LogP contribution in [0.25, 0.3) is 16.3 Å². The average molecular weight is 452 g/mol. The maximum atomic E-state index is 12.7. The van der Waals surface area contributed by atoms with E-state index in [9.17, 15) is 9.59 Å². The van der Waals surface area contributed by atoms with Crippen molar-refractivity contribution in [1.82, 2.24) is 4.98 Å². The van der Waals surface area contributed by atoms with Crippen LogP contribution in [-0.2, 0) is 4.79 Å². The lowest BCUT2D eigenvalue weighted by Gasteiger charge is -2.13. The van der Waals surface area contributed by atoms with Crippen molar-refractivity contribution in [3.05, 3.63) is 108 Å². The Balaban J connectivity index is 1.53. The topological polar surface area (TPSA) is 91.3 Å². The number of carbonyl (C=O) groups excluding carboxylic acids is 1. The average Bonchev–Trinajstić information content (AvgIpc) is 2.85. The Hall–Kier alpha value is -4.45. The number of fused-ring (bicyclic) bond motifs is 1. The van der Waals surface area contributed by atoms with Gasteiger partial charge in [0, 0.05) is 35.5 Å². The Morgan fingerprint density at radius 1 is 0.882 bits per heavy atom. The molecule has 0 aliphatic rings. The quantitative estimate of drug-likeness (QED) is 0.264. The summed E-state index contributed by atoms with van der Waals surface area (Å²) in [7, 11) is 0. The molecule has 0 saturated heterocycles. The van der Waals surface area contributed by atoms with Crippen LogP contribution in [0.4, 0.5) is 16.2 Å². The highest BCUT2D eigenvalue weighted by molar-refractivity contribution is 6.06. The lowest BCUT2D eigenvalue weighted by Crippen LogP contribution is -2.19. The first-order chi connectivity index (χ1) is 16.6. The summed E-state index contributed by atoms with van der Waals surface area (Å²) in [6.45, 7) is 0. The zero-order valence-electron chi connectivity index (χ0n) is 18.6. The minimum atomic E-state index is -0.806. The van der Waals surface area contributed by atoms with E-state index in [1.54, 1.807) is 12.4 Å². The van der Waals surface area contributed by atoms with Gasteiger partial charge in [-0.2, -0.15) is 0 Å². The lowest BCUT2D eigenvalue weighted by molar-refractivity contribution is -0.137. The molecule has 4 rings (SSSR count). The highest BCUT2D eigenvalue weighted by Crippen LogP contribution is 2.27. The van der Waals surface area contributed by atoms with E-state index in [0.29, 0.717) is 18.5 Å². The van der Waals surface area contributed by atoms with Crippen molar-refractivity contribution in [2.24, 2.45) is 0 Å². The van der Waals surface area contributed by atoms with Crippen LogP contribution in [-0.4, -0.2) is 22.1 Å². The highest BCUT2D eigenvalue weighted by Gasteiger charge is 2.09. The first-order valence-corrected chi connectivity index (χ1v) is 11.1. The Labute approximate surface area is 198 Å². The minimum absolute atomic E-state index is 0.118. The monoisotopic (exact) mass is 451 g/mol. The number of rotatable bonds is 8. The molecule has 170 valence electrons. The largest absolute Gasteiger partial charge is 0.481 e. The fourth-order valence-electron chi connectivity index (χ4n) is 3.81. The number of nitrogens with one attached hydrogen (secondary N) is 2. The molecule has 0 aliphatic carbocycles. The van der Waals surface area contributed by atoms with E-state index < -0.39 is 5.97 Å². The van der Waals surface area contributed by atoms with E-state index in [4.69, 9.17) is 5.11 Å². The first-order valence-electron chi connectivity index (χ1n) is 11.1. The molecule has 0 spiro atoms. The van der Waals surface area contributed by atoms with Gasteiger partial charge >= 0.3 is 12.0 Å². The summed E-state index contributed by atoms with van der Waals surface area (Å²) < 4.78 is 0. The predicted molar refractivity (Wildman–Crippen MR) is 136 cm³/mol. The number of nitrogens with zero attached hydrogens (tertiary/aromatic N) is 1. The van der Waals surface area contributed by atoms with Crippen LogP contribution < -0.4 is 10.6 Å². The second-order valence-electron chi connectivity index (χ2n) is 7.83. The molecule has 6 nitrogen and oxygen atoms in total. The third kappa shape index (κ3) is 5.86. The second-order valence-corrected chi connectivity index (χ2v) is 7.83. The number of pyridine rings is 1. The normalized spacial score (nSPS) is 11.2. The molecule has 3 aromatic carbocycles. The number of aromatic nitrogens is 1. The van der Waals surface area contributed by atoms with Gasteiger partial charge in [-0.15, -0.1) is 0 Å². The van der Waals surface area contributed by atoms with Gasteiger partial charge in [0.25, 0.3) is 0 Å². The predicted octanol–water partition coefficient (Wildman–Crippen LogP) is 6.57. The van der Waals surface area contributed by atoms with E-state index in [0.717, 1.165) is 33.2 Å². The number of aliphatic carboxylic acids is 1. The van der Waals surface area contributed by atoms with E-state index >= 15 is 0 Å². The number of allylic oxidation sites excluding steroid dienone is 1. The Kier molecular flexibility index (Phi) is 7.30. The van der Waals surface area contributed by atoms with Crippen LogP contribution in [0.5, 0.6) is 0 Å². The summed E-state index contributed by atoms with van der Waals surface area (Å²) in [6, 6.07) is 24.7. The number of benzene rings is 3. The summed E-state index contributed by atoms with van der Waals surface area (Å²) in [5, 5.41) is 16.8. The molecule has 1 aromatic heterocycles. The molecule has 0 fully saturated rings. The van der Waals surface area contributed by atoms with Gasteiger partial charge in [-0.05, 0) is 53.6 Å². The molecule has 0 bridgehead atoms. The number of unbranched alkanes of at least 4 members (excludes halogenated alkanes) is 1. The van der Waals surface area contributed by atoms with E-state index in [1.807, 2.05) is 84.9 Å². The van der Waals surface area contributed by atoms with Gasteiger partial charge in [-0.3, -0.25) is 9.78 Å². The van der Waals surface area contributed by atoms with Crippen molar-refractivity contribution in [2.75, 3.05) is 10.6 Å². The van der Waals surface area contributed by atoms with Gasteiger partial charge < -0.3 is 15.7 Å². The summed E-state index contributed by atoms with van der Waals surface area (Å²) in [6.07, 6.45) is 6.79. The number of urea groups is 1. The van der Waals surface area contributed by atoms with Crippen LogP contribution >= 0.6 is 0 Å². The van der Waals surface area contributed by atoms with Crippen LogP contribution in [0.3, 0.4) is 0 Å². The SMILES string of the molecule is O=C(O)CCC/C=C(\c1cccnc1)c1cccc(NC(=O)Nc2cccc3ccccc23)c1. The van der Waals surface area contributed by atoms with Crippen LogP contribution in [0.1, 0.15) is 30.4 Å². The summed E-state index contributed by atoms with van der Waals surface area (Å²) in [5.41, 5.74) is 4.16. The van der Waals surface area contributed by atoms with Crippen molar-refractivity contribution in [1.29, 1.82) is 0 Å². The Morgan fingerprint density at radius 2 is 1.68 bits per heavy atom. The summed E-state index contributed by atoms with van der Waals surface area (Å²) >= 11 is 0. The Bertz CT molecular complexity index is 1330. The van der Waals surface area contributed by atoms with Crippen LogP contribution in [0.2, 0.25) is 0 Å². The minimum Gasteiger partial charge on any atom is -0.481 e. The lowest BCUT2D eigenvalue weighted by atomic mass is 9.97. The summed E-state index contributed by atoms with van der Waals surface area (Å²) in [5.74, 6) is -0.806. The maximum absolute atomic E-state index is 12.7. The van der Waals surface area contributed by atoms with Gasteiger partial charge in [0.05, 0.1) is 5.69 Å². The molecule has 2 amide bonds. The van der Waals surface area contributed by atoms with Crippen molar-refractivity contribution in [2.45, 2.75) is 19.3 Å². The van der Waals surface area contributed by atoms with Gasteiger partial charge in [0.15, 0.2) is 0 Å². The standard InChI is InChI=1S/C28H25N3O3/c32-27(33)16-4-3-13-24(22-11-7-17-29-19-22)21-10-5-12-23(18-21)30-28(34)31-26-15-6-9-20-8-1-2-14-25(20)26/h1-2,5-15,17-19H,3-4,16H2,(H,32,33)(H2,30,31,34)/b24-13-. The van der Waals surface area contributed by atoms with E-state index in [2.05, 4.69) is 15.6 Å².